The van der Waals surface area contributed by atoms with Crippen molar-refractivity contribution in [1.29, 1.82) is 0 Å². The fourth-order valence-corrected chi connectivity index (χ4v) is 4.01. The molecule has 2 aliphatic rings. The summed E-state index contributed by atoms with van der Waals surface area (Å²) in [5, 5.41) is 4.12. The van der Waals surface area contributed by atoms with E-state index < -0.39 is 0 Å². The van der Waals surface area contributed by atoms with Crippen LogP contribution in [0.1, 0.15) is 12.0 Å². The number of nitrogens with zero attached hydrogens (tertiary/aromatic N) is 5. The lowest BCUT2D eigenvalue weighted by atomic mass is 10.1. The van der Waals surface area contributed by atoms with Crippen molar-refractivity contribution in [3.63, 3.8) is 0 Å². The van der Waals surface area contributed by atoms with Gasteiger partial charge in [-0.2, -0.15) is 5.10 Å². The normalized spacial score (nSPS) is 20.4. The first-order valence-electron chi connectivity index (χ1n) is 9.41. The Hall–Kier alpha value is -2.83. The third-order valence-electron chi connectivity index (χ3n) is 5.52. The van der Waals surface area contributed by atoms with Crippen LogP contribution in [0.25, 0.3) is 0 Å². The Morgan fingerprint density at radius 1 is 1.15 bits per heavy atom. The molecule has 1 unspecified atom stereocenters. The first-order valence-corrected chi connectivity index (χ1v) is 9.41. The molecule has 1 aromatic carbocycles. The third-order valence-corrected chi connectivity index (χ3v) is 5.52. The maximum Gasteiger partial charge on any atom is 0.228 e. The molecule has 2 saturated heterocycles. The maximum absolute atomic E-state index is 12.9. The minimum absolute atomic E-state index is 0.0000960. The Bertz CT molecular complexity index is 854. The number of para-hydroxylation sites is 1. The van der Waals surface area contributed by atoms with E-state index in [1.54, 1.807) is 15.8 Å². The summed E-state index contributed by atoms with van der Waals surface area (Å²) in [6, 6.07) is 8.35. The number of amides is 2. The third kappa shape index (κ3) is 3.41. The topological polar surface area (TPSA) is 61.7 Å². The molecule has 3 heterocycles. The lowest BCUT2D eigenvalue weighted by molar-refractivity contribution is -0.136. The smallest absolute Gasteiger partial charge is 0.228 e. The molecule has 4 rings (SSSR count). The van der Waals surface area contributed by atoms with Crippen LogP contribution in [-0.2, 0) is 16.6 Å². The molecule has 0 spiro atoms. The Morgan fingerprint density at radius 2 is 1.89 bits per heavy atom. The summed E-state index contributed by atoms with van der Waals surface area (Å²) in [7, 11) is 1.82. The van der Waals surface area contributed by atoms with Crippen LogP contribution in [0, 0.1) is 12.8 Å². The van der Waals surface area contributed by atoms with E-state index in [2.05, 4.69) is 35.1 Å². The molecule has 7 nitrogen and oxygen atoms in total. The monoisotopic (exact) mass is 367 g/mol. The van der Waals surface area contributed by atoms with Gasteiger partial charge in [-0.25, -0.2) is 0 Å². The number of rotatable bonds is 3. The fourth-order valence-electron chi connectivity index (χ4n) is 4.01. The van der Waals surface area contributed by atoms with Crippen molar-refractivity contribution in [2.24, 2.45) is 13.0 Å². The second kappa shape index (κ2) is 7.06. The van der Waals surface area contributed by atoms with E-state index in [-0.39, 0.29) is 24.2 Å². The summed E-state index contributed by atoms with van der Waals surface area (Å²) in [5.74, 6) is -0.165. The number of carbonyl (C=O) groups excluding carboxylic acids is 2. The molecule has 0 bridgehead atoms. The van der Waals surface area contributed by atoms with Crippen LogP contribution in [0.15, 0.2) is 36.7 Å². The summed E-state index contributed by atoms with van der Waals surface area (Å²) >= 11 is 0. The quantitative estimate of drug-likeness (QED) is 0.823. The van der Waals surface area contributed by atoms with E-state index in [9.17, 15) is 9.59 Å². The molecule has 1 atom stereocenters. The number of aromatic nitrogens is 2. The van der Waals surface area contributed by atoms with E-state index in [0.717, 1.165) is 18.8 Å². The molecule has 0 saturated carbocycles. The summed E-state index contributed by atoms with van der Waals surface area (Å²) in [5.41, 5.74) is 3.26. The molecule has 2 fully saturated rings. The van der Waals surface area contributed by atoms with E-state index in [1.165, 1.54) is 11.3 Å². The zero-order valence-corrected chi connectivity index (χ0v) is 15.8. The highest BCUT2D eigenvalue weighted by molar-refractivity contribution is 6.00. The molecular weight excluding hydrogens is 342 g/mol. The number of hydrogen-bond acceptors (Lipinski definition) is 4. The van der Waals surface area contributed by atoms with Crippen molar-refractivity contribution >= 4 is 23.2 Å². The number of carbonyl (C=O) groups is 2. The maximum atomic E-state index is 12.9. The molecule has 0 radical (unpaired) electrons. The van der Waals surface area contributed by atoms with E-state index in [1.807, 2.05) is 24.2 Å². The van der Waals surface area contributed by atoms with Crippen LogP contribution in [-0.4, -0.2) is 59.2 Å². The zero-order chi connectivity index (χ0) is 19.0. The first-order chi connectivity index (χ1) is 13.0. The Morgan fingerprint density at radius 3 is 2.56 bits per heavy atom. The average Bonchev–Trinajstić information content (AvgIpc) is 3.27. The molecule has 0 aliphatic carbocycles. The summed E-state index contributed by atoms with van der Waals surface area (Å²) in [6.45, 7) is 5.61. The minimum Gasteiger partial charge on any atom is -0.368 e. The predicted molar refractivity (Wildman–Crippen MR) is 104 cm³/mol. The molecule has 7 heteroatoms. The standard InChI is InChI=1S/C20H25N5O2/c1-15-5-3-4-6-18(15)23-7-9-24(10-8-23)20(27)16-11-19(26)25(13-16)17-12-21-22(2)14-17/h3-6,12,14,16H,7-11,13H2,1-2H3. The van der Waals surface area contributed by atoms with E-state index in [0.29, 0.717) is 19.6 Å². The van der Waals surface area contributed by atoms with Gasteiger partial charge in [-0.15, -0.1) is 0 Å². The predicted octanol–water partition coefficient (Wildman–Crippen LogP) is 1.43. The van der Waals surface area contributed by atoms with Crippen molar-refractivity contribution in [1.82, 2.24) is 14.7 Å². The van der Waals surface area contributed by atoms with Gasteiger partial charge in [0.15, 0.2) is 0 Å². The van der Waals surface area contributed by atoms with Gasteiger partial charge >= 0.3 is 0 Å². The summed E-state index contributed by atoms with van der Waals surface area (Å²) < 4.78 is 1.67. The number of piperazine rings is 1. The lowest BCUT2D eigenvalue weighted by Crippen LogP contribution is -2.50. The van der Waals surface area contributed by atoms with Gasteiger partial charge in [-0.05, 0) is 18.6 Å². The van der Waals surface area contributed by atoms with Gasteiger partial charge in [0.2, 0.25) is 11.8 Å². The van der Waals surface area contributed by atoms with Gasteiger partial charge in [-0.1, -0.05) is 18.2 Å². The van der Waals surface area contributed by atoms with Crippen LogP contribution < -0.4 is 9.80 Å². The zero-order valence-electron chi connectivity index (χ0n) is 15.8. The largest absolute Gasteiger partial charge is 0.368 e. The van der Waals surface area contributed by atoms with Crippen LogP contribution in [0.4, 0.5) is 11.4 Å². The molecule has 27 heavy (non-hydrogen) atoms. The highest BCUT2D eigenvalue weighted by Crippen LogP contribution is 2.27. The number of aryl methyl sites for hydroxylation is 2. The number of benzene rings is 1. The van der Waals surface area contributed by atoms with Crippen LogP contribution in [0.3, 0.4) is 0 Å². The molecule has 2 aromatic rings. The molecule has 2 amide bonds. The van der Waals surface area contributed by atoms with E-state index in [4.69, 9.17) is 0 Å². The van der Waals surface area contributed by atoms with Crippen molar-refractivity contribution in [3.8, 4) is 0 Å². The van der Waals surface area contributed by atoms with Crippen molar-refractivity contribution in [2.45, 2.75) is 13.3 Å². The minimum atomic E-state index is -0.261. The van der Waals surface area contributed by atoms with Crippen molar-refractivity contribution < 1.29 is 9.59 Å². The molecule has 142 valence electrons. The molecule has 1 aromatic heterocycles. The Balaban J connectivity index is 1.37. The number of hydrogen-bond donors (Lipinski definition) is 0. The first kappa shape index (κ1) is 17.6. The second-order valence-corrected chi connectivity index (χ2v) is 7.38. The molecule has 0 N–H and O–H groups in total. The van der Waals surface area contributed by atoms with Gasteiger partial charge in [0.05, 0.1) is 17.8 Å². The SMILES string of the molecule is Cc1ccccc1N1CCN(C(=O)C2CC(=O)N(c3cnn(C)c3)C2)CC1. The fraction of sp³-hybridized carbons (Fsp3) is 0.450. The summed E-state index contributed by atoms with van der Waals surface area (Å²) in [4.78, 5) is 31.2. The van der Waals surface area contributed by atoms with Gasteiger partial charge < -0.3 is 14.7 Å². The second-order valence-electron chi connectivity index (χ2n) is 7.38. The summed E-state index contributed by atoms with van der Waals surface area (Å²) in [6.07, 6.45) is 3.77. The Kier molecular flexibility index (Phi) is 4.59. The highest BCUT2D eigenvalue weighted by Gasteiger charge is 2.38. The van der Waals surface area contributed by atoms with Gasteiger partial charge in [-0.3, -0.25) is 14.3 Å². The van der Waals surface area contributed by atoms with E-state index >= 15 is 0 Å². The van der Waals surface area contributed by atoms with Crippen molar-refractivity contribution in [2.75, 3.05) is 42.5 Å². The molecular formula is C20H25N5O2. The lowest BCUT2D eigenvalue weighted by Gasteiger charge is -2.37. The van der Waals surface area contributed by atoms with Gasteiger partial charge in [0.1, 0.15) is 0 Å². The van der Waals surface area contributed by atoms with Crippen molar-refractivity contribution in [3.05, 3.63) is 42.2 Å². The number of anilines is 2. The van der Waals surface area contributed by atoms with Gasteiger partial charge in [0.25, 0.3) is 0 Å². The van der Waals surface area contributed by atoms with Crippen LogP contribution in [0.2, 0.25) is 0 Å². The highest BCUT2D eigenvalue weighted by atomic mass is 16.2. The van der Waals surface area contributed by atoms with Gasteiger partial charge in [0, 0.05) is 58.1 Å². The average molecular weight is 367 g/mol. The van der Waals surface area contributed by atoms with Crippen LogP contribution >= 0.6 is 0 Å². The van der Waals surface area contributed by atoms with Crippen LogP contribution in [0.5, 0.6) is 0 Å². The Labute approximate surface area is 159 Å². The molecule has 2 aliphatic heterocycles.